The fraction of sp³-hybridized carbons (Fsp3) is 0.167. The van der Waals surface area contributed by atoms with E-state index in [0.717, 1.165) is 6.20 Å². The molecule has 19 heavy (non-hydrogen) atoms. The molecule has 1 heterocycles. The van der Waals surface area contributed by atoms with Gasteiger partial charge >= 0.3 is 5.97 Å². The number of carbonyl (C=O) groups is 1. The van der Waals surface area contributed by atoms with Crippen molar-refractivity contribution in [1.82, 2.24) is 0 Å². The quantitative estimate of drug-likeness (QED) is 0.377. The van der Waals surface area contributed by atoms with Crippen LogP contribution in [0.2, 0.25) is 0 Å². The monoisotopic (exact) mass is 377 g/mol. The summed E-state index contributed by atoms with van der Waals surface area (Å²) in [6.45, 7) is 1.71. The number of aromatic hydroxyl groups is 1. The standard InChI is InChI=1S/C12H9FINO4/c1-2-19-12(17)8-5-15(18)10-7(11(8)16)3-6(14)4-9(10)13/h3-5,16H,2H2,1H3. The Morgan fingerprint density at radius 1 is 1.58 bits per heavy atom. The number of benzene rings is 1. The second kappa shape index (κ2) is 5.16. The highest BCUT2D eigenvalue weighted by Crippen LogP contribution is 2.29. The Morgan fingerprint density at radius 2 is 2.26 bits per heavy atom. The third-order valence-corrected chi connectivity index (χ3v) is 3.12. The van der Waals surface area contributed by atoms with E-state index in [1.807, 2.05) is 22.6 Å². The number of halogens is 2. The number of rotatable bonds is 2. The second-order valence-corrected chi connectivity index (χ2v) is 4.97. The zero-order valence-corrected chi connectivity index (χ0v) is 12.0. The van der Waals surface area contributed by atoms with Crippen molar-refractivity contribution in [3.63, 3.8) is 0 Å². The molecule has 1 N–H and O–H groups in total. The van der Waals surface area contributed by atoms with E-state index in [2.05, 4.69) is 0 Å². The van der Waals surface area contributed by atoms with Crippen molar-refractivity contribution in [2.24, 2.45) is 0 Å². The van der Waals surface area contributed by atoms with Crippen molar-refractivity contribution in [2.75, 3.05) is 6.61 Å². The minimum atomic E-state index is -0.828. The number of fused-ring (bicyclic) bond motifs is 1. The third-order valence-electron chi connectivity index (χ3n) is 2.50. The summed E-state index contributed by atoms with van der Waals surface area (Å²) >= 11 is 1.85. The summed E-state index contributed by atoms with van der Waals surface area (Å²) < 4.78 is 19.2. The maximum atomic E-state index is 13.7. The Hall–Kier alpha value is -1.64. The van der Waals surface area contributed by atoms with E-state index in [-0.39, 0.29) is 27.8 Å². The highest BCUT2D eigenvalue weighted by molar-refractivity contribution is 14.1. The van der Waals surface area contributed by atoms with Crippen LogP contribution in [-0.4, -0.2) is 17.7 Å². The molecule has 0 aliphatic rings. The van der Waals surface area contributed by atoms with Crippen LogP contribution in [0, 0.1) is 14.6 Å². The Bertz CT molecular complexity index is 675. The molecule has 0 spiro atoms. The molecule has 2 rings (SSSR count). The molecule has 0 radical (unpaired) electrons. The van der Waals surface area contributed by atoms with E-state index in [0.29, 0.717) is 3.57 Å². The molecule has 0 saturated heterocycles. The van der Waals surface area contributed by atoms with Gasteiger partial charge in [0.2, 0.25) is 0 Å². The summed E-state index contributed by atoms with van der Waals surface area (Å²) in [6.07, 6.45) is 0.811. The lowest BCUT2D eigenvalue weighted by atomic mass is 10.1. The molecular weight excluding hydrogens is 368 g/mol. The van der Waals surface area contributed by atoms with Crippen LogP contribution in [0.15, 0.2) is 18.3 Å². The SMILES string of the molecule is CCOC(=O)c1c[n+]([O-])c2c(F)cc(I)cc2c1O. The molecule has 1 aromatic carbocycles. The summed E-state index contributed by atoms with van der Waals surface area (Å²) in [5.41, 5.74) is -0.600. The summed E-state index contributed by atoms with van der Waals surface area (Å²) in [5.74, 6) is -2.05. The largest absolute Gasteiger partial charge is 0.618 e. The van der Waals surface area contributed by atoms with Crippen LogP contribution < -0.4 is 4.73 Å². The Labute approximate surface area is 121 Å². The van der Waals surface area contributed by atoms with Crippen LogP contribution in [0.4, 0.5) is 4.39 Å². The lowest BCUT2D eigenvalue weighted by molar-refractivity contribution is -0.578. The molecule has 0 amide bonds. The zero-order chi connectivity index (χ0) is 14.2. The van der Waals surface area contributed by atoms with Crippen LogP contribution in [0.5, 0.6) is 5.75 Å². The van der Waals surface area contributed by atoms with Gasteiger partial charge < -0.3 is 15.1 Å². The lowest BCUT2D eigenvalue weighted by Crippen LogP contribution is -2.29. The van der Waals surface area contributed by atoms with E-state index in [1.54, 1.807) is 6.92 Å². The van der Waals surface area contributed by atoms with Gasteiger partial charge in [0.1, 0.15) is 5.75 Å². The maximum absolute atomic E-state index is 13.7. The highest BCUT2D eigenvalue weighted by atomic mass is 127. The van der Waals surface area contributed by atoms with Crippen LogP contribution in [0.3, 0.4) is 0 Å². The second-order valence-electron chi connectivity index (χ2n) is 3.72. The topological polar surface area (TPSA) is 73.5 Å². The van der Waals surface area contributed by atoms with Crippen molar-refractivity contribution < 1.29 is 23.8 Å². The fourth-order valence-corrected chi connectivity index (χ4v) is 2.30. The van der Waals surface area contributed by atoms with Crippen LogP contribution in [-0.2, 0) is 4.74 Å². The van der Waals surface area contributed by atoms with Crippen molar-refractivity contribution in [3.8, 4) is 5.75 Å². The van der Waals surface area contributed by atoms with Crippen LogP contribution in [0.1, 0.15) is 17.3 Å². The Morgan fingerprint density at radius 3 is 2.89 bits per heavy atom. The molecule has 0 aliphatic carbocycles. The molecular formula is C12H9FINO4. The van der Waals surface area contributed by atoms with Gasteiger partial charge in [0, 0.05) is 3.57 Å². The summed E-state index contributed by atoms with van der Waals surface area (Å²) in [4.78, 5) is 11.6. The van der Waals surface area contributed by atoms with Gasteiger partial charge in [-0.2, -0.15) is 9.12 Å². The van der Waals surface area contributed by atoms with Crippen molar-refractivity contribution in [3.05, 3.63) is 38.5 Å². The number of nitrogens with zero attached hydrogens (tertiary/aromatic N) is 1. The first-order chi connectivity index (χ1) is 8.95. The van der Waals surface area contributed by atoms with E-state index in [1.165, 1.54) is 12.1 Å². The van der Waals surface area contributed by atoms with Gasteiger partial charge in [0.25, 0.3) is 5.52 Å². The predicted molar refractivity (Wildman–Crippen MR) is 73.2 cm³/mol. The van der Waals surface area contributed by atoms with E-state index in [4.69, 9.17) is 4.74 Å². The first-order valence-corrected chi connectivity index (χ1v) is 6.44. The first-order valence-electron chi connectivity index (χ1n) is 5.36. The lowest BCUT2D eigenvalue weighted by Gasteiger charge is -2.09. The minimum Gasteiger partial charge on any atom is -0.618 e. The molecule has 2 aromatic rings. The maximum Gasteiger partial charge on any atom is 0.348 e. The Kier molecular flexibility index (Phi) is 3.74. The number of carbonyl (C=O) groups excluding carboxylic acids is 1. The van der Waals surface area contributed by atoms with Gasteiger partial charge in [-0.25, -0.2) is 4.79 Å². The molecule has 100 valence electrons. The van der Waals surface area contributed by atoms with E-state index < -0.39 is 17.5 Å². The number of hydrogen-bond acceptors (Lipinski definition) is 4. The van der Waals surface area contributed by atoms with E-state index in [9.17, 15) is 19.5 Å². The summed E-state index contributed by atoms with van der Waals surface area (Å²) in [5, 5.41) is 21.7. The molecule has 7 heteroatoms. The molecule has 1 aromatic heterocycles. The Balaban J connectivity index is 2.78. The van der Waals surface area contributed by atoms with Gasteiger partial charge in [-0.15, -0.1) is 0 Å². The van der Waals surface area contributed by atoms with Gasteiger partial charge in [0.15, 0.2) is 17.6 Å². The number of aromatic nitrogens is 1. The summed E-state index contributed by atoms with van der Waals surface area (Å²) in [6, 6.07) is 2.59. The van der Waals surface area contributed by atoms with Crippen molar-refractivity contribution in [1.29, 1.82) is 0 Å². The molecule has 0 saturated carbocycles. The third kappa shape index (κ3) is 2.42. The van der Waals surface area contributed by atoms with Gasteiger partial charge in [-0.3, -0.25) is 0 Å². The van der Waals surface area contributed by atoms with Crippen LogP contribution in [0.25, 0.3) is 10.9 Å². The smallest absolute Gasteiger partial charge is 0.348 e. The number of esters is 1. The predicted octanol–water partition coefficient (Wildman–Crippen LogP) is 2.10. The molecule has 0 bridgehead atoms. The van der Waals surface area contributed by atoms with Gasteiger partial charge in [-0.05, 0) is 41.6 Å². The molecule has 0 aliphatic heterocycles. The molecule has 0 atom stereocenters. The average molecular weight is 377 g/mol. The summed E-state index contributed by atoms with van der Waals surface area (Å²) in [7, 11) is 0. The molecule has 0 fully saturated rings. The highest BCUT2D eigenvalue weighted by Gasteiger charge is 2.24. The number of pyridine rings is 1. The zero-order valence-electron chi connectivity index (χ0n) is 9.81. The first kappa shape index (κ1) is 13.8. The number of hydrogen-bond donors (Lipinski definition) is 1. The number of ether oxygens (including phenoxy) is 1. The normalized spacial score (nSPS) is 10.7. The van der Waals surface area contributed by atoms with Crippen molar-refractivity contribution >= 4 is 39.5 Å². The molecule has 0 unspecified atom stereocenters. The van der Waals surface area contributed by atoms with Gasteiger partial charge in [0.05, 0.1) is 12.0 Å². The van der Waals surface area contributed by atoms with E-state index >= 15 is 0 Å². The van der Waals surface area contributed by atoms with Gasteiger partial charge in [-0.1, -0.05) is 0 Å². The fourth-order valence-electron chi connectivity index (χ4n) is 1.72. The van der Waals surface area contributed by atoms with Crippen LogP contribution >= 0.6 is 22.6 Å². The average Bonchev–Trinajstić information content (AvgIpc) is 2.33. The minimum absolute atomic E-state index is 0.0232. The molecule has 5 nitrogen and oxygen atoms in total. The van der Waals surface area contributed by atoms with Crippen molar-refractivity contribution in [2.45, 2.75) is 6.92 Å².